The molecule has 1 rings (SSSR count). The third-order valence-electron chi connectivity index (χ3n) is 1.20. The van der Waals surface area contributed by atoms with Crippen molar-refractivity contribution in [3.8, 4) is 5.75 Å². The molecular weight excluding hydrogens is 138 g/mol. The minimum absolute atomic E-state index is 0.264. The second-order valence-electron chi connectivity index (χ2n) is 2.06. The molecule has 0 unspecified atom stereocenters. The highest BCUT2D eigenvalue weighted by molar-refractivity contribution is 5.25. The van der Waals surface area contributed by atoms with E-state index < -0.39 is 0 Å². The second-order valence-corrected chi connectivity index (χ2v) is 2.06. The molecule has 0 saturated carbocycles. The zero-order valence-corrected chi connectivity index (χ0v) is 7.55. The van der Waals surface area contributed by atoms with E-state index in [0.29, 0.717) is 5.69 Å². The Bertz CT molecular complexity index is 221. The van der Waals surface area contributed by atoms with E-state index in [1.807, 2.05) is 20.8 Å². The Morgan fingerprint density at radius 1 is 1.18 bits per heavy atom. The summed E-state index contributed by atoms with van der Waals surface area (Å²) >= 11 is 0. The second kappa shape index (κ2) is 4.72. The topological polar surface area (TPSA) is 33.1 Å². The van der Waals surface area contributed by atoms with Crippen LogP contribution in [0.2, 0.25) is 0 Å². The highest BCUT2D eigenvalue weighted by atomic mass is 16.3. The summed E-state index contributed by atoms with van der Waals surface area (Å²) in [7, 11) is 0. The van der Waals surface area contributed by atoms with Crippen molar-refractivity contribution in [2.75, 3.05) is 0 Å². The smallest absolute Gasteiger partial charge is 0.136 e. The largest absolute Gasteiger partial charge is 0.506 e. The molecule has 2 nitrogen and oxygen atoms in total. The zero-order chi connectivity index (χ0) is 8.85. The maximum absolute atomic E-state index is 8.98. The average molecular weight is 153 g/mol. The number of aromatic nitrogens is 1. The van der Waals surface area contributed by atoms with Gasteiger partial charge in [-0.2, -0.15) is 0 Å². The molecule has 1 aromatic rings. The van der Waals surface area contributed by atoms with Gasteiger partial charge < -0.3 is 5.11 Å². The summed E-state index contributed by atoms with van der Waals surface area (Å²) in [5.41, 5.74) is 1.63. The van der Waals surface area contributed by atoms with Gasteiger partial charge in [0.25, 0.3) is 0 Å². The van der Waals surface area contributed by atoms with Crippen molar-refractivity contribution in [1.29, 1.82) is 0 Å². The number of hydrogen-bond donors (Lipinski definition) is 1. The molecule has 0 bridgehead atoms. The predicted molar refractivity (Wildman–Crippen MR) is 46.7 cm³/mol. The Balaban J connectivity index is 0.000000461. The Morgan fingerprint density at radius 2 is 1.73 bits per heavy atom. The lowest BCUT2D eigenvalue weighted by Gasteiger charge is -1.96. The summed E-state index contributed by atoms with van der Waals surface area (Å²) in [6.07, 6.45) is 0. The molecule has 0 aliphatic rings. The molecular formula is C9H15NO. The van der Waals surface area contributed by atoms with E-state index >= 15 is 0 Å². The molecule has 0 amide bonds. The van der Waals surface area contributed by atoms with Gasteiger partial charge in [0.2, 0.25) is 0 Å². The van der Waals surface area contributed by atoms with Crippen molar-refractivity contribution in [1.82, 2.24) is 4.98 Å². The summed E-state index contributed by atoms with van der Waals surface area (Å²) in [4.78, 5) is 4.02. The van der Waals surface area contributed by atoms with E-state index in [9.17, 15) is 0 Å². The zero-order valence-electron chi connectivity index (χ0n) is 7.55. The van der Waals surface area contributed by atoms with Gasteiger partial charge in [0.15, 0.2) is 0 Å². The van der Waals surface area contributed by atoms with E-state index in [-0.39, 0.29) is 5.75 Å². The van der Waals surface area contributed by atoms with Crippen LogP contribution in [0.5, 0.6) is 5.75 Å². The van der Waals surface area contributed by atoms with Crippen LogP contribution in [0.25, 0.3) is 0 Å². The molecule has 0 aliphatic heterocycles. The molecule has 11 heavy (non-hydrogen) atoms. The van der Waals surface area contributed by atoms with Crippen LogP contribution in [0, 0.1) is 13.8 Å². The number of nitrogens with zero attached hydrogens (tertiary/aromatic N) is 1. The van der Waals surface area contributed by atoms with E-state index in [0.717, 1.165) is 5.69 Å². The quantitative estimate of drug-likeness (QED) is 0.621. The van der Waals surface area contributed by atoms with Gasteiger partial charge in [0.05, 0.1) is 5.69 Å². The van der Waals surface area contributed by atoms with Gasteiger partial charge in [-0.15, -0.1) is 0 Å². The number of pyridine rings is 1. The van der Waals surface area contributed by atoms with E-state index in [1.54, 1.807) is 19.1 Å². The van der Waals surface area contributed by atoms with Gasteiger partial charge in [0.1, 0.15) is 5.75 Å². The first kappa shape index (κ1) is 9.95. The first-order valence-corrected chi connectivity index (χ1v) is 3.83. The average Bonchev–Trinajstić information content (AvgIpc) is 2.02. The van der Waals surface area contributed by atoms with Crippen molar-refractivity contribution in [2.45, 2.75) is 27.7 Å². The maximum atomic E-state index is 8.98. The van der Waals surface area contributed by atoms with Crippen LogP contribution in [-0.4, -0.2) is 10.1 Å². The Hall–Kier alpha value is -1.05. The minimum Gasteiger partial charge on any atom is -0.506 e. The van der Waals surface area contributed by atoms with E-state index in [2.05, 4.69) is 4.98 Å². The fourth-order valence-electron chi connectivity index (χ4n) is 0.679. The van der Waals surface area contributed by atoms with Gasteiger partial charge in [-0.1, -0.05) is 13.8 Å². The van der Waals surface area contributed by atoms with E-state index in [1.165, 1.54) is 0 Å². The highest BCUT2D eigenvalue weighted by Gasteiger charge is 1.93. The standard InChI is InChI=1S/C7H9NO.C2H6/c1-5-3-4-7(9)6(2)8-5;1-2/h3-4,9H,1-2H3;1-2H3. The lowest BCUT2D eigenvalue weighted by molar-refractivity contribution is 0.467. The van der Waals surface area contributed by atoms with Gasteiger partial charge in [-0.3, -0.25) is 4.98 Å². The summed E-state index contributed by atoms with van der Waals surface area (Å²) in [5.74, 6) is 0.264. The third kappa shape index (κ3) is 3.03. The number of aryl methyl sites for hydroxylation is 2. The van der Waals surface area contributed by atoms with Gasteiger partial charge in [-0.05, 0) is 26.0 Å². The summed E-state index contributed by atoms with van der Waals surface area (Å²) < 4.78 is 0. The van der Waals surface area contributed by atoms with Crippen LogP contribution in [0.15, 0.2) is 12.1 Å². The third-order valence-corrected chi connectivity index (χ3v) is 1.20. The van der Waals surface area contributed by atoms with Crippen LogP contribution in [0.3, 0.4) is 0 Å². The monoisotopic (exact) mass is 153 g/mol. The molecule has 2 heteroatoms. The van der Waals surface area contributed by atoms with Gasteiger partial charge >= 0.3 is 0 Å². The summed E-state index contributed by atoms with van der Waals surface area (Å²) in [6, 6.07) is 3.43. The van der Waals surface area contributed by atoms with Crippen LogP contribution in [0.4, 0.5) is 0 Å². The van der Waals surface area contributed by atoms with Crippen LogP contribution >= 0.6 is 0 Å². The maximum Gasteiger partial charge on any atom is 0.136 e. The lowest BCUT2D eigenvalue weighted by atomic mass is 10.3. The Labute approximate surface area is 67.9 Å². The number of hydrogen-bond acceptors (Lipinski definition) is 2. The Kier molecular flexibility index (Phi) is 4.27. The molecule has 0 fully saturated rings. The first-order valence-electron chi connectivity index (χ1n) is 3.83. The first-order chi connectivity index (χ1) is 5.20. The molecule has 1 aromatic heterocycles. The molecule has 0 saturated heterocycles. The predicted octanol–water partition coefficient (Wildman–Crippen LogP) is 2.43. The molecule has 0 atom stereocenters. The molecule has 0 aliphatic carbocycles. The van der Waals surface area contributed by atoms with Crippen molar-refractivity contribution in [2.24, 2.45) is 0 Å². The molecule has 0 radical (unpaired) electrons. The van der Waals surface area contributed by atoms with Crippen LogP contribution < -0.4 is 0 Å². The fourth-order valence-corrected chi connectivity index (χ4v) is 0.679. The van der Waals surface area contributed by atoms with Crippen LogP contribution in [0.1, 0.15) is 25.2 Å². The Morgan fingerprint density at radius 3 is 2.09 bits per heavy atom. The van der Waals surface area contributed by atoms with Crippen molar-refractivity contribution in [3.63, 3.8) is 0 Å². The van der Waals surface area contributed by atoms with Crippen molar-refractivity contribution >= 4 is 0 Å². The molecule has 62 valence electrons. The highest BCUT2D eigenvalue weighted by Crippen LogP contribution is 2.11. The summed E-state index contributed by atoms with van der Waals surface area (Å²) in [5, 5.41) is 8.98. The molecule has 1 N–H and O–H groups in total. The van der Waals surface area contributed by atoms with Crippen molar-refractivity contribution < 1.29 is 5.11 Å². The normalized spacial score (nSPS) is 8.36. The summed E-state index contributed by atoms with van der Waals surface area (Å²) in [6.45, 7) is 7.68. The van der Waals surface area contributed by atoms with E-state index in [4.69, 9.17) is 5.11 Å². The van der Waals surface area contributed by atoms with Gasteiger partial charge in [-0.25, -0.2) is 0 Å². The number of rotatable bonds is 0. The minimum atomic E-state index is 0.264. The van der Waals surface area contributed by atoms with Gasteiger partial charge in [0, 0.05) is 5.69 Å². The number of aromatic hydroxyl groups is 1. The lowest BCUT2D eigenvalue weighted by Crippen LogP contribution is -1.83. The fraction of sp³-hybridized carbons (Fsp3) is 0.444. The SMILES string of the molecule is CC.Cc1ccc(O)c(C)n1. The van der Waals surface area contributed by atoms with Crippen molar-refractivity contribution in [3.05, 3.63) is 23.5 Å². The molecule has 1 heterocycles. The van der Waals surface area contributed by atoms with Crippen LogP contribution in [-0.2, 0) is 0 Å². The molecule has 0 spiro atoms. The molecule has 0 aromatic carbocycles.